The lowest BCUT2D eigenvalue weighted by atomic mass is 10.5. The summed E-state index contributed by atoms with van der Waals surface area (Å²) in [6, 6.07) is 0. The van der Waals surface area contributed by atoms with Crippen LogP contribution in [0.4, 0.5) is 0 Å². The lowest BCUT2D eigenvalue weighted by Gasteiger charge is -2.01. The first kappa shape index (κ1) is 11.9. The fourth-order valence-electron chi connectivity index (χ4n) is 0.395. The number of nitrogens with two attached hydrogens (primary N) is 2. The molecular formula is C6H16N2O3P+. The van der Waals surface area contributed by atoms with Gasteiger partial charge in [-0.15, -0.1) is 9.05 Å². The molecule has 0 aromatic carbocycles. The molecule has 12 heavy (non-hydrogen) atoms. The van der Waals surface area contributed by atoms with Crippen LogP contribution in [0.5, 0.6) is 0 Å². The Labute approximate surface area is 73.3 Å². The molecule has 72 valence electrons. The van der Waals surface area contributed by atoms with Crippen molar-refractivity contribution in [3.63, 3.8) is 0 Å². The molecule has 5 nitrogen and oxygen atoms in total. The lowest BCUT2D eigenvalue weighted by molar-refractivity contribution is 0.130. The Balaban J connectivity index is 3.59. The predicted octanol–water partition coefficient (Wildman–Crippen LogP) is 1.07. The van der Waals surface area contributed by atoms with Gasteiger partial charge in [-0.25, -0.2) is 0 Å². The van der Waals surface area contributed by atoms with Gasteiger partial charge in [-0.1, -0.05) is 13.8 Å². The molecule has 0 aliphatic rings. The normalized spacial score (nSPS) is 17.2. The second-order valence-electron chi connectivity index (χ2n) is 2.33. The van der Waals surface area contributed by atoms with Gasteiger partial charge in [0.2, 0.25) is 0 Å². The Morgan fingerprint density at radius 3 is 1.75 bits per heavy atom. The lowest BCUT2D eigenvalue weighted by Crippen LogP contribution is -2.23. The van der Waals surface area contributed by atoms with E-state index in [1.54, 1.807) is 0 Å². The Morgan fingerprint density at radius 2 is 1.50 bits per heavy atom. The van der Waals surface area contributed by atoms with E-state index in [9.17, 15) is 4.57 Å². The van der Waals surface area contributed by atoms with Crippen LogP contribution >= 0.6 is 8.25 Å². The predicted molar refractivity (Wildman–Crippen MR) is 46.3 cm³/mol. The molecule has 2 atom stereocenters. The summed E-state index contributed by atoms with van der Waals surface area (Å²) in [7, 11) is -2.17. The molecule has 0 bridgehead atoms. The van der Waals surface area contributed by atoms with Crippen molar-refractivity contribution in [2.24, 2.45) is 11.5 Å². The fourth-order valence-corrected chi connectivity index (χ4v) is 1.19. The summed E-state index contributed by atoms with van der Waals surface area (Å²) in [6.45, 7) is 3.65. The van der Waals surface area contributed by atoms with Crippen molar-refractivity contribution in [1.82, 2.24) is 0 Å². The summed E-state index contributed by atoms with van der Waals surface area (Å²) < 4.78 is 20.4. The van der Waals surface area contributed by atoms with Gasteiger partial charge in [0.05, 0.1) is 0 Å². The molecule has 0 heterocycles. The molecule has 0 aliphatic carbocycles. The first-order chi connectivity index (χ1) is 5.60. The van der Waals surface area contributed by atoms with Gasteiger partial charge in [-0.3, -0.25) is 0 Å². The van der Waals surface area contributed by atoms with Crippen molar-refractivity contribution < 1.29 is 13.6 Å². The Bertz CT molecular complexity index is 131. The molecule has 0 saturated heterocycles. The fraction of sp³-hybridized carbons (Fsp3) is 1.00. The van der Waals surface area contributed by atoms with Crippen LogP contribution in [-0.4, -0.2) is 12.5 Å². The van der Waals surface area contributed by atoms with Crippen LogP contribution in [0.15, 0.2) is 0 Å². The maximum Gasteiger partial charge on any atom is 0.700 e. The summed E-state index contributed by atoms with van der Waals surface area (Å²) in [5.74, 6) is 0. The molecule has 0 radical (unpaired) electrons. The van der Waals surface area contributed by atoms with Gasteiger partial charge in [0, 0.05) is 4.57 Å². The third-order valence-corrected chi connectivity index (χ3v) is 2.13. The SMILES string of the molecule is CCC(N)O[P+](=O)OC(N)CC. The van der Waals surface area contributed by atoms with E-state index < -0.39 is 20.7 Å². The maximum atomic E-state index is 10.9. The minimum atomic E-state index is -2.17. The van der Waals surface area contributed by atoms with Crippen LogP contribution in [0.3, 0.4) is 0 Å². The zero-order chi connectivity index (χ0) is 9.56. The van der Waals surface area contributed by atoms with E-state index >= 15 is 0 Å². The zero-order valence-electron chi connectivity index (χ0n) is 7.40. The second kappa shape index (κ2) is 6.46. The highest BCUT2D eigenvalue weighted by molar-refractivity contribution is 7.33. The standard InChI is InChI=1S/C6H16N2O3P/c1-3-5(7)10-12(9)11-6(8)4-2/h5-6H,3-4,7-8H2,1-2H3/q+1. The molecule has 0 saturated carbocycles. The smallest absolute Gasteiger partial charge is 0.302 e. The van der Waals surface area contributed by atoms with E-state index in [-0.39, 0.29) is 0 Å². The third-order valence-electron chi connectivity index (χ3n) is 1.25. The molecule has 0 aromatic rings. The summed E-state index contributed by atoms with van der Waals surface area (Å²) in [5, 5.41) is 0. The molecule has 0 spiro atoms. The Kier molecular flexibility index (Phi) is 6.42. The summed E-state index contributed by atoms with van der Waals surface area (Å²) >= 11 is 0. The van der Waals surface area contributed by atoms with Gasteiger partial charge < -0.3 is 11.5 Å². The van der Waals surface area contributed by atoms with E-state index in [1.165, 1.54) is 0 Å². The zero-order valence-corrected chi connectivity index (χ0v) is 8.29. The second-order valence-corrected chi connectivity index (χ2v) is 3.20. The van der Waals surface area contributed by atoms with Crippen molar-refractivity contribution in [1.29, 1.82) is 0 Å². The van der Waals surface area contributed by atoms with Gasteiger partial charge in [0.1, 0.15) is 0 Å². The third kappa shape index (κ3) is 5.57. The molecule has 0 amide bonds. The van der Waals surface area contributed by atoms with Crippen LogP contribution in [0.25, 0.3) is 0 Å². The maximum absolute atomic E-state index is 10.9. The highest BCUT2D eigenvalue weighted by Gasteiger charge is 2.26. The molecule has 0 aliphatic heterocycles. The first-order valence-corrected chi connectivity index (χ1v) is 5.01. The van der Waals surface area contributed by atoms with Crippen molar-refractivity contribution in [2.75, 3.05) is 0 Å². The minimum absolute atomic E-state index is 0.544. The largest absolute Gasteiger partial charge is 0.700 e. The highest BCUT2D eigenvalue weighted by Crippen LogP contribution is 2.26. The first-order valence-electron chi connectivity index (χ1n) is 3.92. The minimum Gasteiger partial charge on any atom is -0.302 e. The topological polar surface area (TPSA) is 87.6 Å². The van der Waals surface area contributed by atoms with Crippen molar-refractivity contribution >= 4 is 8.25 Å². The van der Waals surface area contributed by atoms with E-state index in [0.717, 1.165) is 0 Å². The van der Waals surface area contributed by atoms with Crippen molar-refractivity contribution in [3.8, 4) is 0 Å². The molecule has 0 rings (SSSR count). The summed E-state index contributed by atoms with van der Waals surface area (Å²) in [4.78, 5) is 0. The van der Waals surface area contributed by atoms with Crippen LogP contribution in [0.1, 0.15) is 26.7 Å². The van der Waals surface area contributed by atoms with Gasteiger partial charge >= 0.3 is 8.25 Å². The number of hydrogen-bond acceptors (Lipinski definition) is 5. The van der Waals surface area contributed by atoms with E-state index in [2.05, 4.69) is 0 Å². The van der Waals surface area contributed by atoms with Crippen LogP contribution in [0.2, 0.25) is 0 Å². The Hall–Kier alpha value is -0.0600. The van der Waals surface area contributed by atoms with Gasteiger partial charge in [-0.05, 0) is 12.8 Å². The quantitative estimate of drug-likeness (QED) is 0.488. The molecular weight excluding hydrogens is 179 g/mol. The molecule has 0 fully saturated rings. The average molecular weight is 195 g/mol. The van der Waals surface area contributed by atoms with Crippen LogP contribution in [-0.2, 0) is 13.6 Å². The van der Waals surface area contributed by atoms with Crippen LogP contribution < -0.4 is 11.5 Å². The molecule has 4 N–H and O–H groups in total. The van der Waals surface area contributed by atoms with Gasteiger partial charge in [0.15, 0.2) is 12.5 Å². The van der Waals surface area contributed by atoms with E-state index in [4.69, 9.17) is 20.5 Å². The molecule has 6 heteroatoms. The van der Waals surface area contributed by atoms with Crippen molar-refractivity contribution in [3.05, 3.63) is 0 Å². The highest BCUT2D eigenvalue weighted by atomic mass is 31.1. The Morgan fingerprint density at radius 1 is 1.17 bits per heavy atom. The summed E-state index contributed by atoms with van der Waals surface area (Å²) in [5.41, 5.74) is 10.7. The van der Waals surface area contributed by atoms with E-state index in [0.29, 0.717) is 12.8 Å². The van der Waals surface area contributed by atoms with Gasteiger partial charge in [0.25, 0.3) is 0 Å². The average Bonchev–Trinajstić information content (AvgIpc) is 2.03. The monoisotopic (exact) mass is 195 g/mol. The van der Waals surface area contributed by atoms with E-state index in [1.807, 2.05) is 13.8 Å². The molecule has 2 unspecified atom stereocenters. The number of hydrogen-bond donors (Lipinski definition) is 2. The van der Waals surface area contributed by atoms with Gasteiger partial charge in [-0.2, -0.15) is 0 Å². The number of rotatable bonds is 6. The van der Waals surface area contributed by atoms with Crippen LogP contribution in [0, 0.1) is 0 Å². The molecule has 0 aromatic heterocycles. The van der Waals surface area contributed by atoms with Crippen molar-refractivity contribution in [2.45, 2.75) is 39.1 Å². The summed E-state index contributed by atoms with van der Waals surface area (Å²) in [6.07, 6.45) is 0.0905.